The summed E-state index contributed by atoms with van der Waals surface area (Å²) >= 11 is 0. The molecule has 2 aromatic carbocycles. The quantitative estimate of drug-likeness (QED) is 0.702. The van der Waals surface area contributed by atoms with Crippen LogP contribution in [0.1, 0.15) is 31.2 Å². The lowest BCUT2D eigenvalue weighted by molar-refractivity contribution is -0.109. The topological polar surface area (TPSA) is 38.8 Å². The third-order valence-corrected chi connectivity index (χ3v) is 5.62. The minimum absolute atomic E-state index is 0.231. The van der Waals surface area contributed by atoms with E-state index in [0.29, 0.717) is 6.04 Å². The van der Waals surface area contributed by atoms with Gasteiger partial charge >= 0.3 is 0 Å². The average Bonchev–Trinajstić information content (AvgIpc) is 3.37. The first-order valence-electron chi connectivity index (χ1n) is 9.36. The van der Waals surface area contributed by atoms with E-state index in [0.717, 1.165) is 55.1 Å². The predicted molar refractivity (Wildman–Crippen MR) is 101 cm³/mol. The molecule has 0 unspecified atom stereocenters. The Hall–Kier alpha value is -2.33. The zero-order valence-corrected chi connectivity index (χ0v) is 15.2. The summed E-state index contributed by atoms with van der Waals surface area (Å²) in [5.74, 6) is 2.42. The summed E-state index contributed by atoms with van der Waals surface area (Å²) in [6, 6.07) is 16.1. The van der Waals surface area contributed by atoms with Crippen LogP contribution in [0.3, 0.4) is 0 Å². The molecule has 0 N–H and O–H groups in total. The lowest BCUT2D eigenvalue weighted by Gasteiger charge is -2.19. The molecular formula is C22H25NO3. The van der Waals surface area contributed by atoms with Crippen LogP contribution in [0.2, 0.25) is 0 Å². The number of aldehydes is 1. The van der Waals surface area contributed by atoms with E-state index in [4.69, 9.17) is 9.47 Å². The molecule has 1 saturated carbocycles. The van der Waals surface area contributed by atoms with Gasteiger partial charge in [0.25, 0.3) is 0 Å². The van der Waals surface area contributed by atoms with Crippen LogP contribution in [0.25, 0.3) is 0 Å². The lowest BCUT2D eigenvalue weighted by Crippen LogP contribution is -2.30. The number of likely N-dealkylation sites (tertiary alicyclic amines) is 1. The Morgan fingerprint density at radius 3 is 2.19 bits per heavy atom. The van der Waals surface area contributed by atoms with E-state index in [-0.39, 0.29) is 5.41 Å². The Kier molecular flexibility index (Phi) is 4.68. The van der Waals surface area contributed by atoms with Crippen molar-refractivity contribution >= 4 is 6.29 Å². The fourth-order valence-corrected chi connectivity index (χ4v) is 3.59. The number of hydrogen-bond acceptors (Lipinski definition) is 4. The van der Waals surface area contributed by atoms with Gasteiger partial charge in [0, 0.05) is 6.04 Å². The monoisotopic (exact) mass is 351 g/mol. The molecule has 4 nitrogen and oxygen atoms in total. The normalized spacial score (nSPS) is 21.3. The number of benzene rings is 2. The second-order valence-corrected chi connectivity index (χ2v) is 7.46. The van der Waals surface area contributed by atoms with Crippen LogP contribution in [-0.2, 0) is 10.2 Å². The summed E-state index contributed by atoms with van der Waals surface area (Å²) in [5.41, 5.74) is 0.853. The maximum absolute atomic E-state index is 11.2. The number of ether oxygens (including phenoxy) is 2. The number of hydrogen-bond donors (Lipinski definition) is 0. The van der Waals surface area contributed by atoms with Crippen molar-refractivity contribution in [3.05, 3.63) is 54.1 Å². The molecule has 1 heterocycles. The van der Waals surface area contributed by atoms with E-state index in [1.165, 1.54) is 12.8 Å². The number of carbonyl (C=O) groups excluding carboxylic acids is 1. The molecule has 0 spiro atoms. The Bertz CT molecular complexity index is 750. The van der Waals surface area contributed by atoms with Crippen LogP contribution in [0.15, 0.2) is 48.5 Å². The van der Waals surface area contributed by atoms with E-state index >= 15 is 0 Å². The first-order valence-corrected chi connectivity index (χ1v) is 9.36. The van der Waals surface area contributed by atoms with Gasteiger partial charge in [-0.25, -0.2) is 0 Å². The van der Waals surface area contributed by atoms with Crippen molar-refractivity contribution in [2.45, 2.75) is 37.1 Å². The van der Waals surface area contributed by atoms with Gasteiger partial charge in [-0.2, -0.15) is 0 Å². The Morgan fingerprint density at radius 1 is 1.04 bits per heavy atom. The molecule has 1 atom stereocenters. The van der Waals surface area contributed by atoms with Gasteiger partial charge in [0.05, 0.1) is 5.41 Å². The fraction of sp³-hybridized carbons (Fsp3) is 0.409. The first kappa shape index (κ1) is 17.1. The molecule has 26 heavy (non-hydrogen) atoms. The predicted octanol–water partition coefficient (Wildman–Crippen LogP) is 4.18. The van der Waals surface area contributed by atoms with Crippen molar-refractivity contribution in [3.63, 3.8) is 0 Å². The smallest absolute Gasteiger partial charge is 0.130 e. The van der Waals surface area contributed by atoms with Gasteiger partial charge < -0.3 is 19.2 Å². The lowest BCUT2D eigenvalue weighted by atomic mass is 9.98. The minimum atomic E-state index is -0.231. The molecular weight excluding hydrogens is 326 g/mol. The maximum atomic E-state index is 11.2. The third kappa shape index (κ3) is 3.61. The highest BCUT2D eigenvalue weighted by molar-refractivity contribution is 5.73. The Labute approximate surface area is 154 Å². The van der Waals surface area contributed by atoms with Crippen molar-refractivity contribution in [3.8, 4) is 17.2 Å². The van der Waals surface area contributed by atoms with Gasteiger partial charge in [0.2, 0.25) is 0 Å². The summed E-state index contributed by atoms with van der Waals surface area (Å²) < 4.78 is 11.8. The molecule has 0 aromatic heterocycles. The molecule has 136 valence electrons. The van der Waals surface area contributed by atoms with Crippen molar-refractivity contribution in [2.75, 3.05) is 20.2 Å². The molecule has 4 rings (SSSR count). The Morgan fingerprint density at radius 2 is 1.65 bits per heavy atom. The summed E-state index contributed by atoms with van der Waals surface area (Å²) in [4.78, 5) is 13.6. The van der Waals surface area contributed by atoms with Gasteiger partial charge in [-0.3, -0.25) is 0 Å². The van der Waals surface area contributed by atoms with Crippen molar-refractivity contribution in [1.29, 1.82) is 0 Å². The van der Waals surface area contributed by atoms with E-state index in [9.17, 15) is 4.79 Å². The highest BCUT2D eigenvalue weighted by atomic mass is 16.5. The minimum Gasteiger partial charge on any atom is -0.492 e. The highest BCUT2D eigenvalue weighted by Gasteiger charge is 2.44. The molecule has 0 bridgehead atoms. The number of rotatable bonds is 7. The Balaban J connectivity index is 1.33. The van der Waals surface area contributed by atoms with Crippen molar-refractivity contribution in [1.82, 2.24) is 4.90 Å². The van der Waals surface area contributed by atoms with E-state index < -0.39 is 0 Å². The summed E-state index contributed by atoms with van der Waals surface area (Å²) in [5, 5.41) is 0. The van der Waals surface area contributed by atoms with Gasteiger partial charge in [0.15, 0.2) is 0 Å². The van der Waals surface area contributed by atoms with Crippen molar-refractivity contribution in [2.24, 2.45) is 0 Å². The second kappa shape index (κ2) is 7.12. The van der Waals surface area contributed by atoms with E-state index in [1.807, 2.05) is 48.5 Å². The van der Waals surface area contributed by atoms with Gasteiger partial charge in [-0.1, -0.05) is 12.1 Å². The van der Waals surface area contributed by atoms with Crippen LogP contribution in [0, 0.1) is 0 Å². The van der Waals surface area contributed by atoms with Gasteiger partial charge in [0.1, 0.15) is 30.1 Å². The molecule has 0 amide bonds. The van der Waals surface area contributed by atoms with E-state index in [2.05, 4.69) is 11.9 Å². The molecule has 2 fully saturated rings. The summed E-state index contributed by atoms with van der Waals surface area (Å²) in [6.45, 7) is 1.89. The van der Waals surface area contributed by atoms with Crippen LogP contribution >= 0.6 is 0 Å². The average molecular weight is 351 g/mol. The molecule has 1 saturated heterocycles. The van der Waals surface area contributed by atoms with Crippen LogP contribution in [-0.4, -0.2) is 37.4 Å². The zero-order valence-electron chi connectivity index (χ0n) is 15.2. The maximum Gasteiger partial charge on any atom is 0.130 e. The third-order valence-electron chi connectivity index (χ3n) is 5.62. The number of nitrogens with zero attached hydrogens (tertiary/aromatic N) is 1. The number of likely N-dealkylation sites (N-methyl/N-ethyl adjacent to an activating group) is 1. The van der Waals surface area contributed by atoms with Crippen LogP contribution in [0.4, 0.5) is 0 Å². The SMILES string of the molecule is CN1CCC[C@@H]1COc1ccc(Oc2ccc(C3(C=O)CC3)cc2)cc1. The second-order valence-electron chi connectivity index (χ2n) is 7.46. The summed E-state index contributed by atoms with van der Waals surface area (Å²) in [7, 11) is 2.16. The molecule has 1 aliphatic heterocycles. The fourth-order valence-electron chi connectivity index (χ4n) is 3.59. The standard InChI is InChI=1S/C22H25NO3/c1-23-14-2-3-18(23)15-25-19-8-10-21(11-9-19)26-20-6-4-17(5-7-20)22(16-24)12-13-22/h4-11,16,18H,2-3,12-15H2,1H3/t18-/m1/s1. The number of carbonyl (C=O) groups is 1. The van der Waals surface area contributed by atoms with Crippen LogP contribution < -0.4 is 9.47 Å². The molecule has 1 aliphatic carbocycles. The summed E-state index contributed by atoms with van der Waals surface area (Å²) in [6.07, 6.45) is 5.44. The van der Waals surface area contributed by atoms with Crippen molar-refractivity contribution < 1.29 is 14.3 Å². The first-order chi connectivity index (χ1) is 12.7. The molecule has 4 heteroatoms. The highest BCUT2D eigenvalue weighted by Crippen LogP contribution is 2.46. The van der Waals surface area contributed by atoms with Crippen LogP contribution in [0.5, 0.6) is 17.2 Å². The largest absolute Gasteiger partial charge is 0.492 e. The zero-order chi connectivity index (χ0) is 18.0. The molecule has 0 radical (unpaired) electrons. The molecule has 2 aromatic rings. The van der Waals surface area contributed by atoms with Gasteiger partial charge in [-0.05, 0) is 81.2 Å². The molecule has 2 aliphatic rings. The van der Waals surface area contributed by atoms with Gasteiger partial charge in [-0.15, -0.1) is 0 Å². The van der Waals surface area contributed by atoms with E-state index in [1.54, 1.807) is 0 Å².